The molecular formula is C29H37N5S. The van der Waals surface area contributed by atoms with Crippen LogP contribution in [0.1, 0.15) is 65.1 Å². The van der Waals surface area contributed by atoms with Crippen molar-refractivity contribution in [1.29, 1.82) is 0 Å². The topological polar surface area (TPSA) is 37.2 Å². The first-order valence-corrected chi connectivity index (χ1v) is 13.8. The first-order chi connectivity index (χ1) is 17.2. The minimum absolute atomic E-state index is 0.334. The molecule has 3 aromatic rings. The zero-order valence-electron chi connectivity index (χ0n) is 20.9. The van der Waals surface area contributed by atoms with Crippen LogP contribution in [0.3, 0.4) is 0 Å². The zero-order chi connectivity index (χ0) is 24.2. The third-order valence-corrected chi connectivity index (χ3v) is 8.45. The van der Waals surface area contributed by atoms with Gasteiger partial charge in [-0.05, 0) is 86.8 Å². The van der Waals surface area contributed by atoms with Crippen molar-refractivity contribution >= 4 is 23.5 Å². The first-order valence-electron chi connectivity index (χ1n) is 12.9. The predicted molar refractivity (Wildman–Crippen MR) is 146 cm³/mol. The van der Waals surface area contributed by atoms with E-state index >= 15 is 0 Å². The Morgan fingerprint density at radius 3 is 2.89 bits per heavy atom. The minimum atomic E-state index is 0.334. The van der Waals surface area contributed by atoms with Crippen molar-refractivity contribution in [1.82, 2.24) is 24.3 Å². The van der Waals surface area contributed by atoms with E-state index in [1.165, 1.54) is 41.9 Å². The molecule has 35 heavy (non-hydrogen) atoms. The number of aromatic nitrogens is 3. The van der Waals surface area contributed by atoms with E-state index in [2.05, 4.69) is 64.2 Å². The molecule has 1 fully saturated rings. The lowest BCUT2D eigenvalue weighted by atomic mass is 9.91. The molecule has 0 bridgehead atoms. The minimum Gasteiger partial charge on any atom is -0.327 e. The number of pyridine rings is 1. The lowest BCUT2D eigenvalue weighted by molar-refractivity contribution is 0.153. The highest BCUT2D eigenvalue weighted by Crippen LogP contribution is 2.33. The fraction of sp³-hybridized carbons (Fsp3) is 0.448. The Balaban J connectivity index is 1.35. The summed E-state index contributed by atoms with van der Waals surface area (Å²) in [5.41, 5.74) is 4.67. The second kappa shape index (κ2) is 11.0. The Morgan fingerprint density at radius 1 is 1.17 bits per heavy atom. The van der Waals surface area contributed by atoms with Gasteiger partial charge >= 0.3 is 0 Å². The van der Waals surface area contributed by atoms with Gasteiger partial charge in [-0.15, -0.1) is 11.3 Å². The molecule has 0 aromatic carbocycles. The highest BCUT2D eigenvalue weighted by atomic mass is 32.1. The van der Waals surface area contributed by atoms with Crippen molar-refractivity contribution in [3.8, 4) is 0 Å². The summed E-state index contributed by atoms with van der Waals surface area (Å²) in [5, 5.41) is 2.18. The van der Waals surface area contributed by atoms with Crippen LogP contribution >= 0.6 is 11.3 Å². The van der Waals surface area contributed by atoms with Crippen LogP contribution in [0, 0.1) is 5.92 Å². The number of hydrogen-bond acceptors (Lipinski definition) is 5. The number of hydrogen-bond donors (Lipinski definition) is 0. The summed E-state index contributed by atoms with van der Waals surface area (Å²) in [6.45, 7) is 13.3. The van der Waals surface area contributed by atoms with E-state index in [0.29, 0.717) is 12.0 Å². The van der Waals surface area contributed by atoms with Gasteiger partial charge < -0.3 is 4.57 Å². The SMILES string of the molecule is C=Cc1nc(CN(C)[C@H]2CCCc3cccnc32)n(C[C@H]2CCCN(Cc3cccs3)C2)c1C=C. The standard InChI is InChI=1S/C29H37N5S/c1-4-25-26(5-2)34(19-22-10-8-16-33(18-22)20-24-13-9-17-35-24)28(31-25)21-32(3)27-14-6-11-23-12-7-15-30-29(23)27/h4-5,7,9,12-13,15,17,22,27H,1-2,6,8,10-11,14,16,18-21H2,3H3/t22-,27-/m0/s1. The molecule has 0 radical (unpaired) electrons. The molecule has 1 aliphatic carbocycles. The molecule has 0 saturated carbocycles. The van der Waals surface area contributed by atoms with Crippen LogP contribution in [0.15, 0.2) is 49.0 Å². The van der Waals surface area contributed by atoms with Gasteiger partial charge in [-0.3, -0.25) is 14.8 Å². The van der Waals surface area contributed by atoms with Gasteiger partial charge in [0.1, 0.15) is 5.82 Å². The zero-order valence-corrected chi connectivity index (χ0v) is 21.7. The molecule has 0 spiro atoms. The largest absolute Gasteiger partial charge is 0.327 e. The van der Waals surface area contributed by atoms with Gasteiger partial charge in [0.05, 0.1) is 29.7 Å². The van der Waals surface area contributed by atoms with E-state index in [-0.39, 0.29) is 0 Å². The van der Waals surface area contributed by atoms with E-state index < -0.39 is 0 Å². The van der Waals surface area contributed by atoms with Gasteiger partial charge in [-0.2, -0.15) is 0 Å². The molecule has 3 aromatic heterocycles. The third kappa shape index (κ3) is 5.35. The fourth-order valence-electron chi connectivity index (χ4n) is 5.90. The van der Waals surface area contributed by atoms with E-state index in [0.717, 1.165) is 56.2 Å². The van der Waals surface area contributed by atoms with Crippen LogP contribution in [0.4, 0.5) is 0 Å². The average Bonchev–Trinajstić information content (AvgIpc) is 3.51. The van der Waals surface area contributed by atoms with Gasteiger partial charge in [-0.1, -0.05) is 25.3 Å². The second-order valence-electron chi connectivity index (χ2n) is 10.0. The van der Waals surface area contributed by atoms with Crippen molar-refractivity contribution in [2.75, 3.05) is 20.1 Å². The molecule has 5 rings (SSSR count). The van der Waals surface area contributed by atoms with E-state index in [4.69, 9.17) is 9.97 Å². The van der Waals surface area contributed by atoms with Crippen molar-refractivity contribution in [3.05, 3.63) is 82.3 Å². The maximum atomic E-state index is 5.04. The van der Waals surface area contributed by atoms with Crippen LogP contribution < -0.4 is 0 Å². The van der Waals surface area contributed by atoms with E-state index in [9.17, 15) is 0 Å². The normalized spacial score (nSPS) is 20.6. The molecule has 2 atom stereocenters. The molecule has 0 N–H and O–H groups in total. The predicted octanol–water partition coefficient (Wildman–Crippen LogP) is 6.05. The smallest absolute Gasteiger partial charge is 0.124 e. The van der Waals surface area contributed by atoms with Crippen LogP contribution in [0.25, 0.3) is 12.2 Å². The molecule has 1 saturated heterocycles. The number of fused-ring (bicyclic) bond motifs is 1. The van der Waals surface area contributed by atoms with Crippen LogP contribution in [0.2, 0.25) is 0 Å². The number of rotatable bonds is 9. The highest BCUT2D eigenvalue weighted by Gasteiger charge is 2.28. The summed E-state index contributed by atoms with van der Waals surface area (Å²) in [6.07, 6.45) is 11.8. The molecule has 4 heterocycles. The summed E-state index contributed by atoms with van der Waals surface area (Å²) in [4.78, 5) is 16.3. The maximum Gasteiger partial charge on any atom is 0.124 e. The molecule has 6 heteroatoms. The summed E-state index contributed by atoms with van der Waals surface area (Å²) < 4.78 is 2.42. The van der Waals surface area contributed by atoms with Gasteiger partial charge in [-0.25, -0.2) is 4.98 Å². The van der Waals surface area contributed by atoms with Crippen molar-refractivity contribution < 1.29 is 0 Å². The first kappa shape index (κ1) is 24.2. The van der Waals surface area contributed by atoms with Gasteiger partial charge in [0.25, 0.3) is 0 Å². The summed E-state index contributed by atoms with van der Waals surface area (Å²) >= 11 is 1.86. The fourth-order valence-corrected chi connectivity index (χ4v) is 6.64. The molecule has 2 aliphatic rings. The highest BCUT2D eigenvalue weighted by molar-refractivity contribution is 7.09. The number of nitrogens with zero attached hydrogens (tertiary/aromatic N) is 5. The molecule has 5 nitrogen and oxygen atoms in total. The Hall–Kier alpha value is -2.54. The van der Waals surface area contributed by atoms with E-state index in [1.807, 2.05) is 29.7 Å². The molecular weight excluding hydrogens is 450 g/mol. The Morgan fingerprint density at radius 2 is 2.09 bits per heavy atom. The van der Waals surface area contributed by atoms with Gasteiger partial charge in [0.2, 0.25) is 0 Å². The maximum absolute atomic E-state index is 5.04. The quantitative estimate of drug-likeness (QED) is 0.368. The summed E-state index contributed by atoms with van der Waals surface area (Å²) in [7, 11) is 2.22. The van der Waals surface area contributed by atoms with Crippen LogP contribution in [-0.2, 0) is 26.1 Å². The Labute approximate surface area is 213 Å². The molecule has 0 unspecified atom stereocenters. The number of aryl methyl sites for hydroxylation is 1. The lowest BCUT2D eigenvalue weighted by Crippen LogP contribution is -2.37. The number of thiophene rings is 1. The van der Waals surface area contributed by atoms with Crippen molar-refractivity contribution in [2.24, 2.45) is 5.92 Å². The molecule has 184 valence electrons. The molecule has 1 aliphatic heterocycles. The summed E-state index contributed by atoms with van der Waals surface area (Å²) in [5.74, 6) is 1.71. The van der Waals surface area contributed by atoms with Gasteiger partial charge in [0.15, 0.2) is 0 Å². The Bertz CT molecular complexity index is 1150. The van der Waals surface area contributed by atoms with Gasteiger partial charge in [0, 0.05) is 30.7 Å². The monoisotopic (exact) mass is 487 g/mol. The second-order valence-corrected chi connectivity index (χ2v) is 11.0. The Kier molecular flexibility index (Phi) is 7.61. The number of piperidine rings is 1. The van der Waals surface area contributed by atoms with Crippen LogP contribution in [-0.4, -0.2) is 44.5 Å². The average molecular weight is 488 g/mol. The third-order valence-electron chi connectivity index (χ3n) is 7.59. The van der Waals surface area contributed by atoms with Crippen LogP contribution in [0.5, 0.6) is 0 Å². The van der Waals surface area contributed by atoms with Crippen molar-refractivity contribution in [3.63, 3.8) is 0 Å². The van der Waals surface area contributed by atoms with Crippen molar-refractivity contribution in [2.45, 2.75) is 57.8 Å². The number of imidazole rings is 1. The molecule has 0 amide bonds. The van der Waals surface area contributed by atoms with E-state index in [1.54, 1.807) is 0 Å². The number of likely N-dealkylation sites (tertiary alicyclic amines) is 1. The summed E-state index contributed by atoms with van der Waals surface area (Å²) in [6, 6.07) is 9.04. The lowest BCUT2D eigenvalue weighted by Gasteiger charge is -2.34.